The second-order valence-corrected chi connectivity index (χ2v) is 10.7. The Morgan fingerprint density at radius 3 is 2.40 bits per heavy atom. The van der Waals surface area contributed by atoms with E-state index in [0.717, 1.165) is 16.7 Å². The molecular weight excluding hydrogens is 546 g/mol. The zero-order chi connectivity index (χ0) is 30.3. The van der Waals surface area contributed by atoms with Crippen molar-refractivity contribution in [1.82, 2.24) is 0 Å². The van der Waals surface area contributed by atoms with E-state index in [-0.39, 0.29) is 31.3 Å². The summed E-state index contributed by atoms with van der Waals surface area (Å²) in [6.07, 6.45) is 0.842. The Morgan fingerprint density at radius 1 is 0.860 bits per heavy atom. The molecule has 2 aliphatic rings. The number of hydrogen-bond acceptors (Lipinski definition) is 8. The molecule has 3 aromatic rings. The molecule has 3 aromatic carbocycles. The number of benzene rings is 3. The minimum absolute atomic E-state index is 0.0346. The molecule has 3 atom stereocenters. The van der Waals surface area contributed by atoms with Crippen molar-refractivity contribution in [2.45, 2.75) is 38.2 Å². The van der Waals surface area contributed by atoms with E-state index in [1.54, 1.807) is 21.3 Å². The highest BCUT2D eigenvalue weighted by atomic mass is 16.6. The van der Waals surface area contributed by atoms with Crippen LogP contribution in [-0.4, -0.2) is 52.0 Å². The van der Waals surface area contributed by atoms with E-state index in [0.29, 0.717) is 47.3 Å². The zero-order valence-corrected chi connectivity index (χ0v) is 25.0. The Balaban J connectivity index is 1.50. The van der Waals surface area contributed by atoms with Gasteiger partial charge in [0.05, 0.1) is 20.8 Å². The molecule has 0 fully saturated rings. The van der Waals surface area contributed by atoms with Crippen molar-refractivity contribution in [3.05, 3.63) is 101 Å². The van der Waals surface area contributed by atoms with E-state index < -0.39 is 17.8 Å². The molecule has 1 unspecified atom stereocenters. The fourth-order valence-electron chi connectivity index (χ4n) is 5.92. The van der Waals surface area contributed by atoms with Crippen LogP contribution < -0.4 is 14.2 Å². The third kappa shape index (κ3) is 6.65. The van der Waals surface area contributed by atoms with Gasteiger partial charge < -0.3 is 23.7 Å². The minimum atomic E-state index is -0.749. The molecule has 1 heterocycles. The molecule has 0 bridgehead atoms. The molecule has 0 amide bonds. The normalized spacial score (nSPS) is 19.8. The molecule has 0 saturated carbocycles. The largest absolute Gasteiger partial charge is 0.493 e. The highest BCUT2D eigenvalue weighted by Crippen LogP contribution is 2.48. The summed E-state index contributed by atoms with van der Waals surface area (Å²) in [5.41, 5.74) is 4.70. The highest BCUT2D eigenvalue weighted by molar-refractivity contribution is 6.09. The van der Waals surface area contributed by atoms with Gasteiger partial charge in [-0.1, -0.05) is 48.5 Å². The summed E-state index contributed by atoms with van der Waals surface area (Å²) < 4.78 is 27.7. The monoisotopic (exact) mass is 583 g/mol. The van der Waals surface area contributed by atoms with Crippen molar-refractivity contribution in [2.24, 2.45) is 10.9 Å². The molecule has 1 aliphatic heterocycles. The van der Waals surface area contributed by atoms with Crippen LogP contribution in [0.4, 0.5) is 0 Å². The van der Waals surface area contributed by atoms with E-state index in [1.807, 2.05) is 79.7 Å². The van der Waals surface area contributed by atoms with Crippen LogP contribution in [0.2, 0.25) is 0 Å². The topological polar surface area (TPSA) is 92.7 Å². The summed E-state index contributed by atoms with van der Waals surface area (Å²) in [4.78, 5) is 32.4. The molecule has 0 saturated heterocycles. The van der Waals surface area contributed by atoms with Crippen LogP contribution in [0.1, 0.15) is 48.3 Å². The van der Waals surface area contributed by atoms with Gasteiger partial charge in [0.25, 0.3) is 0 Å². The number of Topliss-reactive ketones (excluding diaryl/α,β-unsaturated/α-hetero) is 1. The van der Waals surface area contributed by atoms with Gasteiger partial charge in [0.1, 0.15) is 24.9 Å². The van der Waals surface area contributed by atoms with Crippen molar-refractivity contribution in [3.8, 4) is 17.2 Å². The van der Waals surface area contributed by atoms with Crippen LogP contribution in [0.25, 0.3) is 0 Å². The van der Waals surface area contributed by atoms with E-state index in [4.69, 9.17) is 28.7 Å². The summed E-state index contributed by atoms with van der Waals surface area (Å²) >= 11 is 0. The Labute approximate surface area is 252 Å². The first kappa shape index (κ1) is 30.0. The first-order chi connectivity index (χ1) is 20.9. The quantitative estimate of drug-likeness (QED) is 0.201. The van der Waals surface area contributed by atoms with Crippen molar-refractivity contribution in [2.75, 3.05) is 34.5 Å². The lowest BCUT2D eigenvalue weighted by atomic mass is 9.69. The van der Waals surface area contributed by atoms with Crippen molar-refractivity contribution in [1.29, 1.82) is 0 Å². The van der Waals surface area contributed by atoms with Crippen LogP contribution in [0, 0.1) is 5.92 Å². The number of nitrogens with zero attached hydrogens (tertiary/aromatic N) is 1. The van der Waals surface area contributed by atoms with Gasteiger partial charge in [-0.15, -0.1) is 0 Å². The highest BCUT2D eigenvalue weighted by Gasteiger charge is 2.45. The summed E-state index contributed by atoms with van der Waals surface area (Å²) in [6, 6.07) is 23.3. The van der Waals surface area contributed by atoms with Crippen molar-refractivity contribution in [3.63, 3.8) is 0 Å². The molecule has 8 heteroatoms. The maximum Gasteiger partial charge on any atom is 0.315 e. The molecule has 5 rings (SSSR count). The number of ketones is 1. The number of hydrogen-bond donors (Lipinski definition) is 0. The van der Waals surface area contributed by atoms with Gasteiger partial charge in [0.2, 0.25) is 0 Å². The SMILES string of the molecule is COCCOC(=O)C1C(C)=NC2=C(C(=O)C[C@@H](c3ccc(OC)c(OC)c3)C2)[C@H]1c1cccc(OCc2ccccc2)c1. The third-order valence-corrected chi connectivity index (χ3v) is 8.02. The average Bonchev–Trinajstić information content (AvgIpc) is 3.03. The zero-order valence-electron chi connectivity index (χ0n) is 25.0. The Kier molecular flexibility index (Phi) is 9.57. The van der Waals surface area contributed by atoms with Crippen LogP contribution >= 0.6 is 0 Å². The summed E-state index contributed by atoms with van der Waals surface area (Å²) in [5.74, 6) is 0.0374. The van der Waals surface area contributed by atoms with Gasteiger partial charge in [-0.25, -0.2) is 0 Å². The summed E-state index contributed by atoms with van der Waals surface area (Å²) in [6.45, 7) is 2.63. The van der Waals surface area contributed by atoms with Crippen LogP contribution in [0.15, 0.2) is 89.1 Å². The molecular formula is C35H37NO7. The number of carbonyl (C=O) groups is 2. The molecule has 0 aromatic heterocycles. The third-order valence-electron chi connectivity index (χ3n) is 8.02. The smallest absolute Gasteiger partial charge is 0.315 e. The molecule has 0 spiro atoms. The minimum Gasteiger partial charge on any atom is -0.493 e. The van der Waals surface area contributed by atoms with Gasteiger partial charge in [-0.2, -0.15) is 0 Å². The number of ether oxygens (including phenoxy) is 5. The van der Waals surface area contributed by atoms with Crippen molar-refractivity contribution < 1.29 is 33.3 Å². The fourth-order valence-corrected chi connectivity index (χ4v) is 5.92. The lowest BCUT2D eigenvalue weighted by Crippen LogP contribution is -2.38. The van der Waals surface area contributed by atoms with E-state index in [1.165, 1.54) is 0 Å². The number of carbonyl (C=O) groups excluding carboxylic acids is 2. The molecule has 224 valence electrons. The van der Waals surface area contributed by atoms with Crippen LogP contribution in [0.5, 0.6) is 17.2 Å². The lowest BCUT2D eigenvalue weighted by Gasteiger charge is -2.36. The van der Waals surface area contributed by atoms with E-state index >= 15 is 0 Å². The van der Waals surface area contributed by atoms with Crippen LogP contribution in [0.3, 0.4) is 0 Å². The van der Waals surface area contributed by atoms with Gasteiger partial charge in [-0.05, 0) is 60.2 Å². The maximum absolute atomic E-state index is 14.0. The summed E-state index contributed by atoms with van der Waals surface area (Å²) in [5, 5.41) is 0. The first-order valence-corrected chi connectivity index (χ1v) is 14.4. The maximum atomic E-state index is 14.0. The fraction of sp³-hybridized carbons (Fsp3) is 0.343. The number of allylic oxidation sites excluding steroid dienone is 2. The number of rotatable bonds is 11. The summed E-state index contributed by atoms with van der Waals surface area (Å²) in [7, 11) is 4.74. The lowest BCUT2D eigenvalue weighted by molar-refractivity contribution is -0.147. The molecule has 8 nitrogen and oxygen atoms in total. The predicted octanol–water partition coefficient (Wildman–Crippen LogP) is 6.05. The van der Waals surface area contributed by atoms with Crippen LogP contribution in [-0.2, 0) is 25.7 Å². The standard InChI is InChI=1S/C35H37NO7/c1-22-32(35(38)42-16-15-39-2)33(25-11-8-12-27(17-25)43-21-23-9-6-5-7-10-23)34-28(36-22)18-26(19-29(34)37)24-13-14-30(40-3)31(20-24)41-4/h5-14,17,20,26,32-33H,15-16,18-19,21H2,1-4H3/t26-,32?,33-/m0/s1. The van der Waals surface area contributed by atoms with Gasteiger partial charge in [0, 0.05) is 36.4 Å². The molecule has 43 heavy (non-hydrogen) atoms. The second-order valence-electron chi connectivity index (χ2n) is 10.7. The number of aliphatic imine (C=N–C) groups is 1. The van der Waals surface area contributed by atoms with Gasteiger partial charge >= 0.3 is 5.97 Å². The Bertz CT molecular complexity index is 1530. The van der Waals surface area contributed by atoms with Gasteiger partial charge in [-0.3, -0.25) is 14.6 Å². The molecule has 1 aliphatic carbocycles. The van der Waals surface area contributed by atoms with E-state index in [2.05, 4.69) is 0 Å². The second kappa shape index (κ2) is 13.7. The average molecular weight is 584 g/mol. The predicted molar refractivity (Wildman–Crippen MR) is 163 cm³/mol. The first-order valence-electron chi connectivity index (χ1n) is 14.4. The van der Waals surface area contributed by atoms with E-state index in [9.17, 15) is 9.59 Å². The Morgan fingerprint density at radius 2 is 1.65 bits per heavy atom. The van der Waals surface area contributed by atoms with Gasteiger partial charge in [0.15, 0.2) is 17.3 Å². The van der Waals surface area contributed by atoms with Crippen molar-refractivity contribution >= 4 is 17.5 Å². The Hall–Kier alpha value is -4.43. The molecule has 0 N–H and O–H groups in total. The number of methoxy groups -OCH3 is 3. The molecule has 0 radical (unpaired) electrons. The number of esters is 1.